The van der Waals surface area contributed by atoms with Crippen LogP contribution in [-0.4, -0.2) is 23.2 Å². The van der Waals surface area contributed by atoms with Crippen LogP contribution < -0.4 is 15.4 Å². The van der Waals surface area contributed by atoms with Crippen molar-refractivity contribution in [3.63, 3.8) is 0 Å². The number of ether oxygens (including phenoxy) is 1. The number of carbonyl (C=O) groups excluding carboxylic acids is 1. The van der Waals surface area contributed by atoms with E-state index in [2.05, 4.69) is 10.6 Å². The van der Waals surface area contributed by atoms with E-state index in [9.17, 15) is 9.90 Å². The van der Waals surface area contributed by atoms with Crippen molar-refractivity contribution < 1.29 is 14.6 Å². The number of rotatable bonds is 3. The molecule has 0 aliphatic rings. The number of aryl methyl sites for hydroxylation is 1. The van der Waals surface area contributed by atoms with Gasteiger partial charge in [-0.3, -0.25) is 10.1 Å². The molecule has 2 rings (SSSR count). The highest BCUT2D eigenvalue weighted by Crippen LogP contribution is 2.23. The largest absolute Gasteiger partial charge is 0.506 e. The van der Waals surface area contributed by atoms with Crippen LogP contribution >= 0.6 is 12.2 Å². The fourth-order valence-electron chi connectivity index (χ4n) is 1.84. The molecule has 2 aromatic rings. The molecule has 0 aliphatic carbocycles. The lowest BCUT2D eigenvalue weighted by atomic mass is 10.2. The summed E-state index contributed by atoms with van der Waals surface area (Å²) in [7, 11) is 1.53. The van der Waals surface area contributed by atoms with Gasteiger partial charge >= 0.3 is 0 Å². The van der Waals surface area contributed by atoms with Crippen molar-refractivity contribution in [2.75, 3.05) is 12.4 Å². The first-order valence-electron chi connectivity index (χ1n) is 6.55. The van der Waals surface area contributed by atoms with Gasteiger partial charge in [-0.25, -0.2) is 0 Å². The molecule has 0 saturated carbocycles. The number of benzene rings is 2. The number of aromatic hydroxyl groups is 1. The molecule has 5 nitrogen and oxygen atoms in total. The lowest BCUT2D eigenvalue weighted by molar-refractivity contribution is 0.0977. The smallest absolute Gasteiger partial charge is 0.257 e. The van der Waals surface area contributed by atoms with Crippen LogP contribution in [0.25, 0.3) is 0 Å². The number of carbonyl (C=O) groups is 1. The SMILES string of the molecule is COc1cccc(C(=O)NC(=S)Nc2ccc(C)cc2O)c1. The first kappa shape index (κ1) is 15.8. The second kappa shape index (κ2) is 6.91. The van der Waals surface area contributed by atoms with Crippen molar-refractivity contribution in [1.29, 1.82) is 0 Å². The van der Waals surface area contributed by atoms with Crippen molar-refractivity contribution in [1.82, 2.24) is 5.32 Å². The third-order valence-corrected chi connectivity index (χ3v) is 3.16. The number of anilines is 1. The summed E-state index contributed by atoms with van der Waals surface area (Å²) in [5.74, 6) is 0.295. The minimum absolute atomic E-state index is 0.0676. The number of amides is 1. The van der Waals surface area contributed by atoms with E-state index < -0.39 is 0 Å². The number of hydrogen-bond donors (Lipinski definition) is 3. The summed E-state index contributed by atoms with van der Waals surface area (Å²) in [6.07, 6.45) is 0. The van der Waals surface area contributed by atoms with Gasteiger partial charge in [0.15, 0.2) is 5.11 Å². The van der Waals surface area contributed by atoms with E-state index in [4.69, 9.17) is 17.0 Å². The maximum atomic E-state index is 12.1. The van der Waals surface area contributed by atoms with E-state index in [1.54, 1.807) is 36.4 Å². The predicted molar refractivity (Wildman–Crippen MR) is 89.5 cm³/mol. The molecule has 0 bridgehead atoms. The zero-order valence-electron chi connectivity index (χ0n) is 12.2. The molecule has 0 fully saturated rings. The van der Waals surface area contributed by atoms with Crippen LogP contribution in [0.15, 0.2) is 42.5 Å². The quantitative estimate of drug-likeness (QED) is 0.600. The predicted octanol–water partition coefficient (Wildman–Crippen LogP) is 2.84. The third kappa shape index (κ3) is 3.95. The van der Waals surface area contributed by atoms with Crippen LogP contribution in [0.3, 0.4) is 0 Å². The maximum Gasteiger partial charge on any atom is 0.257 e. The fraction of sp³-hybridized carbons (Fsp3) is 0.125. The Kier molecular flexibility index (Phi) is 4.95. The Labute approximate surface area is 133 Å². The maximum absolute atomic E-state index is 12.1. The molecule has 0 radical (unpaired) electrons. The number of phenolic OH excluding ortho intramolecular Hbond substituents is 1. The summed E-state index contributed by atoms with van der Waals surface area (Å²) in [4.78, 5) is 12.1. The Morgan fingerprint density at radius 2 is 2.00 bits per heavy atom. The summed E-state index contributed by atoms with van der Waals surface area (Å²) in [5.41, 5.74) is 1.78. The van der Waals surface area contributed by atoms with Crippen molar-refractivity contribution >= 4 is 28.9 Å². The van der Waals surface area contributed by atoms with E-state index in [1.165, 1.54) is 7.11 Å². The van der Waals surface area contributed by atoms with Crippen LogP contribution in [0.1, 0.15) is 15.9 Å². The summed E-state index contributed by atoms with van der Waals surface area (Å²) in [6, 6.07) is 11.9. The van der Waals surface area contributed by atoms with Gasteiger partial charge in [-0.15, -0.1) is 0 Å². The lowest BCUT2D eigenvalue weighted by Gasteiger charge is -2.11. The second-order valence-corrected chi connectivity index (χ2v) is 5.07. The number of thiocarbonyl (C=S) groups is 1. The molecular weight excluding hydrogens is 300 g/mol. The second-order valence-electron chi connectivity index (χ2n) is 4.66. The fourth-order valence-corrected chi connectivity index (χ4v) is 2.04. The molecule has 0 saturated heterocycles. The first-order chi connectivity index (χ1) is 10.5. The van der Waals surface area contributed by atoms with E-state index >= 15 is 0 Å². The Balaban J connectivity index is 2.03. The molecule has 3 N–H and O–H groups in total. The molecular formula is C16H16N2O3S. The van der Waals surface area contributed by atoms with Crippen LogP contribution in [0.2, 0.25) is 0 Å². The molecule has 22 heavy (non-hydrogen) atoms. The van der Waals surface area contributed by atoms with Crippen molar-refractivity contribution in [3.8, 4) is 11.5 Å². The summed E-state index contributed by atoms with van der Waals surface area (Å²) in [6.45, 7) is 1.87. The minimum atomic E-state index is -0.358. The van der Waals surface area contributed by atoms with E-state index in [0.29, 0.717) is 17.0 Å². The molecule has 1 amide bonds. The topological polar surface area (TPSA) is 70.6 Å². The normalized spacial score (nSPS) is 9.91. The van der Waals surface area contributed by atoms with E-state index in [1.807, 2.05) is 13.0 Å². The van der Waals surface area contributed by atoms with Gasteiger partial charge in [0.2, 0.25) is 0 Å². The molecule has 0 unspecified atom stereocenters. The number of hydrogen-bond acceptors (Lipinski definition) is 4. The van der Waals surface area contributed by atoms with Crippen molar-refractivity contribution in [2.45, 2.75) is 6.92 Å². The van der Waals surface area contributed by atoms with Gasteiger partial charge in [-0.05, 0) is 55.0 Å². The van der Waals surface area contributed by atoms with E-state index in [0.717, 1.165) is 5.56 Å². The standard InChI is InChI=1S/C16H16N2O3S/c1-10-6-7-13(14(19)8-10)17-16(22)18-15(20)11-4-3-5-12(9-11)21-2/h3-9,19H,1-2H3,(H2,17,18,20,22). The highest BCUT2D eigenvalue weighted by atomic mass is 32.1. The molecule has 6 heteroatoms. The van der Waals surface area contributed by atoms with Crippen molar-refractivity contribution in [2.24, 2.45) is 0 Å². The van der Waals surface area contributed by atoms with Gasteiger partial charge in [0.25, 0.3) is 5.91 Å². The van der Waals surface area contributed by atoms with Crippen molar-refractivity contribution in [3.05, 3.63) is 53.6 Å². The molecule has 0 aliphatic heterocycles. The van der Waals surface area contributed by atoms with Gasteiger partial charge in [-0.2, -0.15) is 0 Å². The van der Waals surface area contributed by atoms with Crippen LogP contribution in [-0.2, 0) is 0 Å². The monoisotopic (exact) mass is 316 g/mol. The Bertz CT molecular complexity index is 716. The zero-order valence-corrected chi connectivity index (χ0v) is 13.0. The summed E-state index contributed by atoms with van der Waals surface area (Å²) >= 11 is 5.08. The van der Waals surface area contributed by atoms with E-state index in [-0.39, 0.29) is 16.8 Å². The highest BCUT2D eigenvalue weighted by molar-refractivity contribution is 7.80. The number of phenols is 1. The van der Waals surface area contributed by atoms with Gasteiger partial charge in [-0.1, -0.05) is 12.1 Å². The van der Waals surface area contributed by atoms with Gasteiger partial charge in [0.1, 0.15) is 11.5 Å². The molecule has 0 heterocycles. The Morgan fingerprint density at radius 1 is 1.23 bits per heavy atom. The van der Waals surface area contributed by atoms with Crippen LogP contribution in [0.4, 0.5) is 5.69 Å². The average Bonchev–Trinajstić information content (AvgIpc) is 2.50. The number of methoxy groups -OCH3 is 1. The third-order valence-electron chi connectivity index (χ3n) is 2.96. The molecule has 0 atom stereocenters. The highest BCUT2D eigenvalue weighted by Gasteiger charge is 2.10. The molecule has 0 aromatic heterocycles. The first-order valence-corrected chi connectivity index (χ1v) is 6.96. The zero-order chi connectivity index (χ0) is 16.1. The van der Waals surface area contributed by atoms with Gasteiger partial charge in [0.05, 0.1) is 12.8 Å². The van der Waals surface area contributed by atoms with Crippen LogP contribution in [0, 0.1) is 6.92 Å². The molecule has 114 valence electrons. The van der Waals surface area contributed by atoms with Gasteiger partial charge < -0.3 is 15.2 Å². The van der Waals surface area contributed by atoms with Gasteiger partial charge in [0, 0.05) is 5.56 Å². The molecule has 2 aromatic carbocycles. The molecule has 0 spiro atoms. The average molecular weight is 316 g/mol. The lowest BCUT2D eigenvalue weighted by Crippen LogP contribution is -2.34. The van der Waals surface area contributed by atoms with Crippen LogP contribution in [0.5, 0.6) is 11.5 Å². The number of nitrogens with one attached hydrogen (secondary N) is 2. The Morgan fingerprint density at radius 3 is 2.68 bits per heavy atom. The Hall–Kier alpha value is -2.60. The summed E-state index contributed by atoms with van der Waals surface area (Å²) in [5, 5.41) is 15.2. The summed E-state index contributed by atoms with van der Waals surface area (Å²) < 4.78 is 5.07. The minimum Gasteiger partial charge on any atom is -0.506 e.